The van der Waals surface area contributed by atoms with Crippen molar-refractivity contribution >= 4 is 33.4 Å². The second-order valence-corrected chi connectivity index (χ2v) is 9.26. The highest BCUT2D eigenvalue weighted by Gasteiger charge is 2.66. The minimum Gasteiger partial charge on any atom is -0.274 e. The summed E-state index contributed by atoms with van der Waals surface area (Å²) in [5.41, 5.74) is 4.88. The number of benzene rings is 3. The molecule has 0 saturated carbocycles. The predicted molar refractivity (Wildman–Crippen MR) is 115 cm³/mol. The molecule has 1 aliphatic heterocycles. The molecular weight excluding hydrogens is 426 g/mol. The number of nitrogens with zero attached hydrogens (tertiary/aromatic N) is 1. The fraction of sp³-hybridized carbons (Fsp3) is 0.200. The van der Waals surface area contributed by atoms with Crippen LogP contribution in [0.2, 0.25) is 0 Å². The molecule has 0 unspecified atom stereocenters. The fourth-order valence-corrected chi connectivity index (χ4v) is 6.26. The molecule has 2 bridgehead atoms. The van der Waals surface area contributed by atoms with E-state index >= 15 is 0 Å². The molecule has 29 heavy (non-hydrogen) atoms. The molecule has 0 N–H and O–H groups in total. The van der Waals surface area contributed by atoms with Gasteiger partial charge >= 0.3 is 0 Å². The lowest BCUT2D eigenvalue weighted by Crippen LogP contribution is -2.51. The van der Waals surface area contributed by atoms with Crippen molar-refractivity contribution in [2.75, 3.05) is 4.90 Å². The summed E-state index contributed by atoms with van der Waals surface area (Å²) in [6.07, 6.45) is 0. The number of halogens is 1. The van der Waals surface area contributed by atoms with E-state index in [0.29, 0.717) is 5.69 Å². The maximum Gasteiger partial charge on any atom is 0.238 e. The van der Waals surface area contributed by atoms with Gasteiger partial charge in [0.2, 0.25) is 11.8 Å². The van der Waals surface area contributed by atoms with Crippen LogP contribution >= 0.6 is 15.9 Å². The van der Waals surface area contributed by atoms with Gasteiger partial charge in [0.05, 0.1) is 17.5 Å². The van der Waals surface area contributed by atoms with Crippen molar-refractivity contribution in [1.82, 2.24) is 0 Å². The summed E-state index contributed by atoms with van der Waals surface area (Å²) in [5.74, 6) is -0.984. The summed E-state index contributed by atoms with van der Waals surface area (Å²) in [7, 11) is 0. The molecule has 2 amide bonds. The van der Waals surface area contributed by atoms with E-state index in [-0.39, 0.29) is 29.6 Å². The summed E-state index contributed by atoms with van der Waals surface area (Å²) >= 11 is 3.43. The van der Waals surface area contributed by atoms with Crippen LogP contribution in [0.15, 0.2) is 77.3 Å². The molecule has 3 aromatic rings. The Morgan fingerprint density at radius 2 is 1.34 bits per heavy atom. The summed E-state index contributed by atoms with van der Waals surface area (Å²) < 4.78 is 0.921. The Balaban J connectivity index is 1.61. The maximum atomic E-state index is 13.7. The van der Waals surface area contributed by atoms with Gasteiger partial charge in [-0.25, -0.2) is 4.90 Å². The minimum absolute atomic E-state index is 0.0777. The van der Waals surface area contributed by atoms with Crippen LogP contribution in [0.1, 0.15) is 35.1 Å². The molecular formula is C25H18BrNO2. The van der Waals surface area contributed by atoms with Crippen LogP contribution in [0.25, 0.3) is 0 Å². The lowest BCUT2D eigenvalue weighted by Gasteiger charge is -2.52. The van der Waals surface area contributed by atoms with Crippen molar-refractivity contribution in [1.29, 1.82) is 0 Å². The van der Waals surface area contributed by atoms with E-state index in [2.05, 4.69) is 47.1 Å². The Hall–Kier alpha value is -2.72. The zero-order chi connectivity index (χ0) is 19.9. The highest BCUT2D eigenvalue weighted by atomic mass is 79.9. The number of amides is 2. The average molecular weight is 444 g/mol. The summed E-state index contributed by atoms with van der Waals surface area (Å²) in [6.45, 7) is 2.15. The number of rotatable bonds is 1. The molecule has 3 nitrogen and oxygen atoms in total. The van der Waals surface area contributed by atoms with Crippen LogP contribution in [0.5, 0.6) is 0 Å². The monoisotopic (exact) mass is 443 g/mol. The average Bonchev–Trinajstić information content (AvgIpc) is 3.01. The zero-order valence-corrected chi connectivity index (χ0v) is 17.4. The van der Waals surface area contributed by atoms with Gasteiger partial charge in [-0.15, -0.1) is 0 Å². The summed E-state index contributed by atoms with van der Waals surface area (Å²) in [6, 6.07) is 24.1. The number of carbonyl (C=O) groups excluding carboxylic acids is 2. The number of hydrogen-bond acceptors (Lipinski definition) is 2. The van der Waals surface area contributed by atoms with Crippen molar-refractivity contribution in [2.45, 2.75) is 18.3 Å². The van der Waals surface area contributed by atoms with Gasteiger partial charge in [0.25, 0.3) is 0 Å². The summed E-state index contributed by atoms with van der Waals surface area (Å²) in [5, 5.41) is 0. The molecule has 142 valence electrons. The first-order valence-electron chi connectivity index (χ1n) is 9.85. The van der Waals surface area contributed by atoms with Gasteiger partial charge in [-0.2, -0.15) is 0 Å². The first-order valence-corrected chi connectivity index (χ1v) is 10.6. The molecule has 7 rings (SSSR count). The number of imide groups is 1. The van der Waals surface area contributed by atoms with E-state index in [1.165, 1.54) is 27.2 Å². The topological polar surface area (TPSA) is 37.4 Å². The molecule has 1 heterocycles. The van der Waals surface area contributed by atoms with Crippen LogP contribution in [-0.4, -0.2) is 11.8 Å². The molecule has 0 spiro atoms. The Bertz CT molecular complexity index is 1150. The molecule has 4 aliphatic rings. The molecule has 3 aromatic carbocycles. The smallest absolute Gasteiger partial charge is 0.238 e. The molecule has 1 saturated heterocycles. The van der Waals surface area contributed by atoms with Crippen LogP contribution in [0.3, 0.4) is 0 Å². The SMILES string of the molecule is CC12c3ccccc3C(c3ccccc31)[C@@H]1C(=O)N(c3ccc(Br)cc3)C(=O)[C@H]12. The van der Waals surface area contributed by atoms with Crippen LogP contribution in [0, 0.1) is 11.8 Å². The normalized spacial score (nSPS) is 28.9. The third-order valence-corrected chi connectivity index (χ3v) is 7.66. The third kappa shape index (κ3) is 1.98. The van der Waals surface area contributed by atoms with E-state index in [9.17, 15) is 9.59 Å². The van der Waals surface area contributed by atoms with E-state index in [1.807, 2.05) is 48.5 Å². The van der Waals surface area contributed by atoms with Crippen molar-refractivity contribution < 1.29 is 9.59 Å². The van der Waals surface area contributed by atoms with Crippen molar-refractivity contribution in [3.05, 3.63) is 99.5 Å². The van der Waals surface area contributed by atoms with Gasteiger partial charge in [-0.3, -0.25) is 9.59 Å². The van der Waals surface area contributed by atoms with Crippen LogP contribution in [0.4, 0.5) is 5.69 Å². The van der Waals surface area contributed by atoms with E-state index < -0.39 is 5.41 Å². The Morgan fingerprint density at radius 3 is 1.93 bits per heavy atom. The second kappa shape index (κ2) is 5.67. The number of carbonyl (C=O) groups is 2. The highest BCUT2D eigenvalue weighted by molar-refractivity contribution is 9.10. The van der Waals surface area contributed by atoms with Gasteiger partial charge in [-0.05, 0) is 46.5 Å². The standard InChI is InChI=1S/C25H18BrNO2/c1-25-18-8-4-2-6-16(18)20(17-7-3-5-9-19(17)25)21-22(25)24(29)27(23(21)28)15-12-10-14(26)11-13-15/h2-13,20-22H,1H3/t20?,21-,22-,25?/m0/s1. The Morgan fingerprint density at radius 1 is 0.793 bits per heavy atom. The predicted octanol–water partition coefficient (Wildman–Crippen LogP) is 5.02. The molecule has 2 atom stereocenters. The summed E-state index contributed by atoms with van der Waals surface area (Å²) in [4.78, 5) is 28.8. The third-order valence-electron chi connectivity index (χ3n) is 7.13. The first-order chi connectivity index (χ1) is 14.0. The first kappa shape index (κ1) is 17.2. The minimum atomic E-state index is -0.510. The van der Waals surface area contributed by atoms with Gasteiger partial charge in [0.1, 0.15) is 0 Å². The van der Waals surface area contributed by atoms with Gasteiger partial charge < -0.3 is 0 Å². The zero-order valence-electron chi connectivity index (χ0n) is 15.8. The van der Waals surface area contributed by atoms with Crippen LogP contribution in [-0.2, 0) is 15.0 Å². The largest absolute Gasteiger partial charge is 0.274 e. The second-order valence-electron chi connectivity index (χ2n) is 8.35. The van der Waals surface area contributed by atoms with Gasteiger partial charge in [0, 0.05) is 15.8 Å². The van der Waals surface area contributed by atoms with Gasteiger partial charge in [0.15, 0.2) is 0 Å². The number of anilines is 1. The van der Waals surface area contributed by atoms with E-state index in [0.717, 1.165) is 4.47 Å². The highest BCUT2D eigenvalue weighted by Crippen LogP contribution is 2.64. The lowest BCUT2D eigenvalue weighted by molar-refractivity contribution is -0.123. The molecule has 3 aliphatic carbocycles. The maximum absolute atomic E-state index is 13.7. The number of hydrogen-bond donors (Lipinski definition) is 0. The van der Waals surface area contributed by atoms with Crippen molar-refractivity contribution in [3.63, 3.8) is 0 Å². The van der Waals surface area contributed by atoms with E-state index in [4.69, 9.17) is 0 Å². The van der Waals surface area contributed by atoms with Crippen molar-refractivity contribution in [2.24, 2.45) is 11.8 Å². The van der Waals surface area contributed by atoms with Gasteiger partial charge in [-0.1, -0.05) is 71.4 Å². The fourth-order valence-electron chi connectivity index (χ4n) is 6.00. The quantitative estimate of drug-likeness (QED) is 0.495. The molecule has 4 heteroatoms. The molecule has 1 fully saturated rings. The van der Waals surface area contributed by atoms with E-state index in [1.54, 1.807) is 0 Å². The Labute approximate surface area is 177 Å². The van der Waals surface area contributed by atoms with Crippen LogP contribution < -0.4 is 4.90 Å². The molecule has 0 aromatic heterocycles. The molecule has 0 radical (unpaired) electrons. The Kier molecular flexibility index (Phi) is 3.35. The lowest BCUT2D eigenvalue weighted by atomic mass is 9.48. The van der Waals surface area contributed by atoms with Crippen molar-refractivity contribution in [3.8, 4) is 0 Å².